The zero-order valence-electron chi connectivity index (χ0n) is 13.7. The van der Waals surface area contributed by atoms with Crippen molar-refractivity contribution in [2.75, 3.05) is 16.8 Å². The van der Waals surface area contributed by atoms with Gasteiger partial charge in [0.2, 0.25) is 16.9 Å². The van der Waals surface area contributed by atoms with Crippen LogP contribution in [0.4, 0.5) is 10.8 Å². The van der Waals surface area contributed by atoms with E-state index in [1.807, 2.05) is 44.2 Å². The summed E-state index contributed by atoms with van der Waals surface area (Å²) < 4.78 is 0. The molecule has 7 heteroatoms. The molecule has 126 valence electrons. The summed E-state index contributed by atoms with van der Waals surface area (Å²) in [6.07, 6.45) is 0.877. The van der Waals surface area contributed by atoms with E-state index in [-0.39, 0.29) is 17.7 Å². The molecule has 2 aromatic rings. The van der Waals surface area contributed by atoms with Crippen molar-refractivity contribution in [3.05, 3.63) is 35.3 Å². The molecule has 0 bridgehead atoms. The number of rotatable bonds is 5. The van der Waals surface area contributed by atoms with Gasteiger partial charge in [0.15, 0.2) is 0 Å². The lowest BCUT2D eigenvalue weighted by molar-refractivity contribution is -0.117. The number of nitrogens with one attached hydrogen (secondary N) is 1. The van der Waals surface area contributed by atoms with Crippen LogP contribution in [0.2, 0.25) is 0 Å². The maximum atomic E-state index is 12.3. The second-order valence-corrected chi connectivity index (χ2v) is 7.34. The lowest BCUT2D eigenvalue weighted by Crippen LogP contribution is -2.24. The molecule has 0 spiro atoms. The summed E-state index contributed by atoms with van der Waals surface area (Å²) in [6, 6.07) is 9.63. The molecule has 1 fully saturated rings. The molecule has 24 heavy (non-hydrogen) atoms. The van der Waals surface area contributed by atoms with Crippen LogP contribution in [0, 0.1) is 5.92 Å². The smallest absolute Gasteiger partial charge is 0.227 e. The van der Waals surface area contributed by atoms with Gasteiger partial charge in [-0.2, -0.15) is 0 Å². The molecule has 1 aliphatic heterocycles. The molecule has 1 atom stereocenters. The van der Waals surface area contributed by atoms with E-state index in [0.717, 1.165) is 10.7 Å². The topological polar surface area (TPSA) is 75.2 Å². The Kier molecular flexibility index (Phi) is 4.89. The Hall–Kier alpha value is -2.28. The highest BCUT2D eigenvalue weighted by molar-refractivity contribution is 7.15. The van der Waals surface area contributed by atoms with Gasteiger partial charge < -0.3 is 10.2 Å². The minimum atomic E-state index is -0.0545. The van der Waals surface area contributed by atoms with Gasteiger partial charge in [-0.25, -0.2) is 0 Å². The van der Waals surface area contributed by atoms with Crippen molar-refractivity contribution in [3.63, 3.8) is 0 Å². The third-order valence-electron chi connectivity index (χ3n) is 3.82. The Bertz CT molecular complexity index is 729. The Morgan fingerprint density at radius 2 is 2.08 bits per heavy atom. The highest BCUT2D eigenvalue weighted by Gasteiger charge is 2.33. The van der Waals surface area contributed by atoms with E-state index in [9.17, 15) is 9.59 Å². The Balaban J connectivity index is 1.66. The zero-order chi connectivity index (χ0) is 17.1. The van der Waals surface area contributed by atoms with Gasteiger partial charge in [0, 0.05) is 31.0 Å². The van der Waals surface area contributed by atoms with Crippen LogP contribution < -0.4 is 10.2 Å². The number of hydrogen-bond acceptors (Lipinski definition) is 5. The average molecular weight is 344 g/mol. The second kappa shape index (κ2) is 7.09. The van der Waals surface area contributed by atoms with E-state index in [2.05, 4.69) is 15.5 Å². The van der Waals surface area contributed by atoms with E-state index in [1.165, 1.54) is 11.3 Å². The monoisotopic (exact) mass is 344 g/mol. The van der Waals surface area contributed by atoms with E-state index >= 15 is 0 Å². The van der Waals surface area contributed by atoms with Crippen molar-refractivity contribution in [2.45, 2.75) is 32.6 Å². The van der Waals surface area contributed by atoms with Gasteiger partial charge in [0.25, 0.3) is 0 Å². The molecule has 6 nitrogen and oxygen atoms in total. The predicted octanol–water partition coefficient (Wildman–Crippen LogP) is 3.04. The van der Waals surface area contributed by atoms with Crippen LogP contribution in [-0.4, -0.2) is 28.6 Å². The van der Waals surface area contributed by atoms with E-state index in [1.54, 1.807) is 4.90 Å². The van der Waals surface area contributed by atoms with Crippen molar-refractivity contribution in [1.29, 1.82) is 0 Å². The van der Waals surface area contributed by atoms with Crippen LogP contribution in [0.1, 0.15) is 37.6 Å². The number of nitrogens with zero attached hydrogens (tertiary/aromatic N) is 3. The first-order valence-corrected chi connectivity index (χ1v) is 8.83. The summed E-state index contributed by atoms with van der Waals surface area (Å²) >= 11 is 1.35. The van der Waals surface area contributed by atoms with Crippen LogP contribution in [0.5, 0.6) is 0 Å². The first kappa shape index (κ1) is 16.6. The van der Waals surface area contributed by atoms with E-state index in [0.29, 0.717) is 30.4 Å². The number of anilines is 2. The van der Waals surface area contributed by atoms with Gasteiger partial charge >= 0.3 is 0 Å². The lowest BCUT2D eigenvalue weighted by Gasteiger charge is -2.15. The van der Waals surface area contributed by atoms with E-state index < -0.39 is 0 Å². The molecule has 2 heterocycles. The van der Waals surface area contributed by atoms with Crippen molar-refractivity contribution in [1.82, 2.24) is 10.2 Å². The van der Waals surface area contributed by atoms with Gasteiger partial charge in [-0.15, -0.1) is 10.2 Å². The van der Waals surface area contributed by atoms with Crippen molar-refractivity contribution < 1.29 is 9.59 Å². The predicted molar refractivity (Wildman–Crippen MR) is 94.1 cm³/mol. The molecule has 0 radical (unpaired) electrons. The number of amides is 2. The summed E-state index contributed by atoms with van der Waals surface area (Å²) in [4.78, 5) is 25.9. The number of hydrogen-bond donors (Lipinski definition) is 1. The number of benzene rings is 1. The summed E-state index contributed by atoms with van der Waals surface area (Å²) in [5.41, 5.74) is 0.903. The molecular formula is C17H20N4O2S. The van der Waals surface area contributed by atoms with Gasteiger partial charge in [-0.1, -0.05) is 43.4 Å². The molecule has 1 saturated heterocycles. The molecule has 1 aromatic carbocycles. The first-order chi connectivity index (χ1) is 11.5. The SMILES string of the molecule is CC(C)CC(=O)Nc1nnc([C@@H]2CC(=O)N(c3ccccc3)C2)s1. The fourth-order valence-corrected chi connectivity index (χ4v) is 3.57. The van der Waals surface area contributed by atoms with Crippen molar-refractivity contribution >= 4 is 34.0 Å². The number of para-hydroxylation sites is 1. The highest BCUT2D eigenvalue weighted by atomic mass is 32.1. The molecular weight excluding hydrogens is 324 g/mol. The fraction of sp³-hybridized carbons (Fsp3) is 0.412. The number of aromatic nitrogens is 2. The number of carbonyl (C=O) groups is 2. The van der Waals surface area contributed by atoms with E-state index in [4.69, 9.17) is 0 Å². The molecule has 1 N–H and O–H groups in total. The standard InChI is InChI=1S/C17H20N4O2S/c1-11(2)8-14(22)18-17-20-19-16(24-17)12-9-15(23)21(10-12)13-6-4-3-5-7-13/h3-7,11-12H,8-10H2,1-2H3,(H,18,20,22)/t12-/m1/s1. The second-order valence-electron chi connectivity index (χ2n) is 6.33. The third-order valence-corrected chi connectivity index (χ3v) is 4.82. The Labute approximate surface area is 144 Å². The van der Waals surface area contributed by atoms with Crippen LogP contribution in [0.3, 0.4) is 0 Å². The molecule has 2 amide bonds. The first-order valence-electron chi connectivity index (χ1n) is 8.01. The third kappa shape index (κ3) is 3.79. The minimum Gasteiger partial charge on any atom is -0.312 e. The quantitative estimate of drug-likeness (QED) is 0.904. The van der Waals surface area contributed by atoms with Crippen LogP contribution in [-0.2, 0) is 9.59 Å². The summed E-state index contributed by atoms with van der Waals surface area (Å²) in [5, 5.41) is 12.3. The maximum absolute atomic E-state index is 12.3. The van der Waals surface area contributed by atoms with Gasteiger partial charge in [0.1, 0.15) is 5.01 Å². The molecule has 3 rings (SSSR count). The van der Waals surface area contributed by atoms with Gasteiger partial charge in [-0.3, -0.25) is 9.59 Å². The van der Waals surface area contributed by atoms with Crippen LogP contribution in [0.15, 0.2) is 30.3 Å². The largest absolute Gasteiger partial charge is 0.312 e. The molecule has 0 aliphatic carbocycles. The maximum Gasteiger partial charge on any atom is 0.227 e. The molecule has 1 aliphatic rings. The minimum absolute atomic E-state index is 0.0194. The Morgan fingerprint density at radius 1 is 1.33 bits per heavy atom. The highest BCUT2D eigenvalue weighted by Crippen LogP contribution is 2.34. The summed E-state index contributed by atoms with van der Waals surface area (Å²) in [5.74, 6) is 0.350. The molecule has 0 saturated carbocycles. The fourth-order valence-electron chi connectivity index (χ4n) is 2.72. The Morgan fingerprint density at radius 3 is 2.79 bits per heavy atom. The van der Waals surface area contributed by atoms with Gasteiger partial charge in [0.05, 0.1) is 0 Å². The lowest BCUT2D eigenvalue weighted by atomic mass is 10.1. The molecule has 0 unspecified atom stereocenters. The average Bonchev–Trinajstić information content (AvgIpc) is 3.14. The number of carbonyl (C=O) groups excluding carboxylic acids is 2. The summed E-state index contributed by atoms with van der Waals surface area (Å²) in [7, 11) is 0. The van der Waals surface area contributed by atoms with Crippen LogP contribution in [0.25, 0.3) is 0 Å². The van der Waals surface area contributed by atoms with Gasteiger partial charge in [-0.05, 0) is 18.1 Å². The van der Waals surface area contributed by atoms with Crippen molar-refractivity contribution in [3.8, 4) is 0 Å². The zero-order valence-corrected chi connectivity index (χ0v) is 14.5. The van der Waals surface area contributed by atoms with Crippen LogP contribution >= 0.6 is 11.3 Å². The molecule has 1 aromatic heterocycles. The normalized spacial score (nSPS) is 17.5. The van der Waals surface area contributed by atoms with Crippen molar-refractivity contribution in [2.24, 2.45) is 5.92 Å². The summed E-state index contributed by atoms with van der Waals surface area (Å²) in [6.45, 7) is 4.58.